The van der Waals surface area contributed by atoms with Gasteiger partial charge in [0.2, 0.25) is 0 Å². The molecule has 0 bridgehead atoms. The third kappa shape index (κ3) is 3.47. The predicted molar refractivity (Wildman–Crippen MR) is 63.5 cm³/mol. The number of ketones is 1. The van der Waals surface area contributed by atoms with E-state index in [1.54, 1.807) is 10.7 Å². The molecule has 0 N–H and O–H groups in total. The normalized spacial score (nSPS) is 8.94. The topological polar surface area (TPSA) is 34.4 Å². The minimum Gasteiger partial charge on any atom is -0.370 e. The zero-order valence-corrected chi connectivity index (χ0v) is 13.7. The summed E-state index contributed by atoms with van der Waals surface area (Å²) in [4.78, 5) is 11.4. The van der Waals surface area contributed by atoms with E-state index in [0.717, 1.165) is 5.52 Å². The van der Waals surface area contributed by atoms with Crippen LogP contribution in [0, 0.1) is 6.20 Å². The van der Waals surface area contributed by atoms with Crippen LogP contribution in [0.5, 0.6) is 0 Å². The van der Waals surface area contributed by atoms with Crippen LogP contribution in [0.3, 0.4) is 0 Å². The average molecular weight is 357 g/mol. The number of hydrogen-bond acceptors (Lipinski definition) is 2. The molecule has 0 saturated carbocycles. The SMILES string of the molecule is CC.O=C(CBr)c1[c-]nn2ccccc12.[Y]. The van der Waals surface area contributed by atoms with Crippen LogP contribution in [0.25, 0.3) is 5.52 Å². The van der Waals surface area contributed by atoms with Gasteiger partial charge in [-0.1, -0.05) is 41.9 Å². The largest absolute Gasteiger partial charge is 0.370 e. The Bertz CT molecular complexity index is 456. The van der Waals surface area contributed by atoms with E-state index >= 15 is 0 Å². The maximum Gasteiger partial charge on any atom is 0.0636 e. The maximum absolute atomic E-state index is 11.4. The van der Waals surface area contributed by atoms with Gasteiger partial charge in [0.25, 0.3) is 0 Å². The minimum absolute atomic E-state index is 0. The molecular formula is C11H12BrN2OY-. The molecule has 2 aromatic rings. The number of alkyl halides is 1. The molecule has 2 aromatic heterocycles. The Balaban J connectivity index is 0.000000711. The Labute approximate surface area is 129 Å². The summed E-state index contributed by atoms with van der Waals surface area (Å²) in [6.45, 7) is 4.00. The maximum atomic E-state index is 11.4. The summed E-state index contributed by atoms with van der Waals surface area (Å²) in [6, 6.07) is 5.57. The molecule has 83 valence electrons. The first kappa shape index (κ1) is 15.9. The number of fused-ring (bicyclic) bond motifs is 1. The Morgan fingerprint density at radius 1 is 1.50 bits per heavy atom. The van der Waals surface area contributed by atoms with E-state index in [-0.39, 0.29) is 38.5 Å². The van der Waals surface area contributed by atoms with Gasteiger partial charge in [-0.05, 0) is 17.8 Å². The molecule has 2 rings (SSSR count). The van der Waals surface area contributed by atoms with Crippen molar-refractivity contribution in [2.45, 2.75) is 13.8 Å². The molecule has 0 atom stereocenters. The van der Waals surface area contributed by atoms with E-state index in [1.807, 2.05) is 32.0 Å². The van der Waals surface area contributed by atoms with Crippen molar-refractivity contribution in [2.24, 2.45) is 0 Å². The van der Waals surface area contributed by atoms with Gasteiger partial charge in [-0.15, -0.1) is 5.56 Å². The minimum atomic E-state index is 0. The fourth-order valence-corrected chi connectivity index (χ4v) is 1.43. The van der Waals surface area contributed by atoms with E-state index < -0.39 is 0 Å². The predicted octanol–water partition coefficient (Wildman–Crippen LogP) is 2.74. The van der Waals surface area contributed by atoms with Crippen molar-refractivity contribution in [3.05, 3.63) is 36.2 Å². The van der Waals surface area contributed by atoms with Gasteiger partial charge in [0.1, 0.15) is 0 Å². The van der Waals surface area contributed by atoms with Crippen LogP contribution in [-0.2, 0) is 32.7 Å². The third-order valence-electron chi connectivity index (χ3n) is 1.77. The number of pyridine rings is 1. The summed E-state index contributed by atoms with van der Waals surface area (Å²) in [5, 5.41) is 4.24. The summed E-state index contributed by atoms with van der Waals surface area (Å²) >= 11 is 3.12. The molecule has 0 saturated heterocycles. The summed E-state index contributed by atoms with van der Waals surface area (Å²) in [5.41, 5.74) is 1.34. The van der Waals surface area contributed by atoms with Gasteiger partial charge in [0, 0.05) is 44.2 Å². The van der Waals surface area contributed by atoms with Crippen molar-refractivity contribution in [1.82, 2.24) is 9.61 Å². The van der Waals surface area contributed by atoms with Crippen LogP contribution in [0.4, 0.5) is 0 Å². The molecule has 2 heterocycles. The first-order valence-electron chi connectivity index (χ1n) is 4.77. The monoisotopic (exact) mass is 356 g/mol. The molecule has 1 radical (unpaired) electrons. The number of carbonyl (C=O) groups is 1. The number of hydrogen-bond donors (Lipinski definition) is 0. The molecule has 0 unspecified atom stereocenters. The molecule has 0 aliphatic rings. The van der Waals surface area contributed by atoms with Gasteiger partial charge in [-0.3, -0.25) is 5.10 Å². The second-order valence-electron chi connectivity index (χ2n) is 2.57. The van der Waals surface area contributed by atoms with Gasteiger partial charge in [0.15, 0.2) is 0 Å². The number of carbonyl (C=O) groups excluding carboxylic acids is 1. The van der Waals surface area contributed by atoms with Crippen molar-refractivity contribution in [3.8, 4) is 0 Å². The van der Waals surface area contributed by atoms with E-state index in [0.29, 0.717) is 10.9 Å². The van der Waals surface area contributed by atoms with Crippen molar-refractivity contribution >= 4 is 27.2 Å². The number of nitrogens with zero attached hydrogens (tertiary/aromatic N) is 2. The van der Waals surface area contributed by atoms with Gasteiger partial charge >= 0.3 is 0 Å². The van der Waals surface area contributed by atoms with Crippen LogP contribution in [0.1, 0.15) is 24.2 Å². The average Bonchev–Trinajstić information content (AvgIpc) is 2.74. The molecule has 0 amide bonds. The Kier molecular flexibility index (Phi) is 8.07. The van der Waals surface area contributed by atoms with Crippen LogP contribution < -0.4 is 0 Å². The van der Waals surface area contributed by atoms with Crippen LogP contribution >= 0.6 is 15.9 Å². The molecule has 0 aliphatic carbocycles. The molecule has 5 heteroatoms. The van der Waals surface area contributed by atoms with Crippen LogP contribution in [0.15, 0.2) is 24.4 Å². The molecule has 3 nitrogen and oxygen atoms in total. The first-order chi connectivity index (χ1) is 7.33. The van der Waals surface area contributed by atoms with Gasteiger partial charge < -0.3 is 9.31 Å². The van der Waals surface area contributed by atoms with Crippen LogP contribution in [-0.4, -0.2) is 20.7 Å². The fourth-order valence-electron chi connectivity index (χ4n) is 1.15. The van der Waals surface area contributed by atoms with Gasteiger partial charge in [-0.2, -0.15) is 0 Å². The number of rotatable bonds is 2. The summed E-state index contributed by atoms with van der Waals surface area (Å²) < 4.78 is 1.63. The molecule has 0 spiro atoms. The Morgan fingerprint density at radius 2 is 2.19 bits per heavy atom. The third-order valence-corrected chi connectivity index (χ3v) is 2.27. The van der Waals surface area contributed by atoms with Gasteiger partial charge in [-0.25, -0.2) is 0 Å². The van der Waals surface area contributed by atoms with Crippen molar-refractivity contribution in [2.75, 3.05) is 5.33 Å². The number of Topliss-reactive ketones (excluding diaryl/α,β-unsaturated/α-hetero) is 1. The quantitative estimate of drug-likeness (QED) is 0.471. The first-order valence-corrected chi connectivity index (χ1v) is 5.89. The summed E-state index contributed by atoms with van der Waals surface area (Å²) in [6.07, 6.45) is 4.49. The summed E-state index contributed by atoms with van der Waals surface area (Å²) in [7, 11) is 0. The molecule has 0 aliphatic heterocycles. The molecule has 0 aromatic carbocycles. The number of halogens is 1. The smallest absolute Gasteiger partial charge is 0.0636 e. The zero-order valence-electron chi connectivity index (χ0n) is 9.27. The summed E-state index contributed by atoms with van der Waals surface area (Å²) in [5.74, 6) is 0.00111. The Hall–Kier alpha value is -0.0561. The van der Waals surface area contributed by atoms with E-state index in [2.05, 4.69) is 27.2 Å². The van der Waals surface area contributed by atoms with Crippen molar-refractivity contribution in [1.29, 1.82) is 0 Å². The van der Waals surface area contributed by atoms with E-state index in [9.17, 15) is 4.79 Å². The fraction of sp³-hybridized carbons (Fsp3) is 0.273. The van der Waals surface area contributed by atoms with E-state index in [1.165, 1.54) is 0 Å². The van der Waals surface area contributed by atoms with Gasteiger partial charge in [0.05, 0.1) is 5.78 Å². The zero-order chi connectivity index (χ0) is 11.3. The molecular weight excluding hydrogens is 345 g/mol. The van der Waals surface area contributed by atoms with Crippen molar-refractivity contribution < 1.29 is 37.5 Å². The number of aromatic nitrogens is 2. The standard InChI is InChI=1S/C9H6BrN2O.C2H6.Y/c10-5-9(13)7-6-11-12-4-2-1-3-8(7)12;1-2;/h1-4H,5H2;1-2H3;/q-1;;. The van der Waals surface area contributed by atoms with Crippen molar-refractivity contribution in [3.63, 3.8) is 0 Å². The van der Waals surface area contributed by atoms with E-state index in [4.69, 9.17) is 0 Å². The second-order valence-corrected chi connectivity index (χ2v) is 3.13. The Morgan fingerprint density at radius 3 is 2.81 bits per heavy atom. The second kappa shape index (κ2) is 8.10. The molecule has 16 heavy (non-hydrogen) atoms. The molecule has 0 fully saturated rings. The van der Waals surface area contributed by atoms with Crippen LogP contribution in [0.2, 0.25) is 0 Å².